The van der Waals surface area contributed by atoms with Gasteiger partial charge in [0.1, 0.15) is 0 Å². The van der Waals surface area contributed by atoms with Crippen molar-refractivity contribution >= 4 is 0 Å². The molecule has 0 unspecified atom stereocenters. The van der Waals surface area contributed by atoms with Gasteiger partial charge in [-0.2, -0.15) is 0 Å². The Morgan fingerprint density at radius 3 is 2.28 bits per heavy atom. The molecule has 0 bridgehead atoms. The fourth-order valence-electron chi connectivity index (χ4n) is 3.77. The highest BCUT2D eigenvalue weighted by molar-refractivity contribution is 5.12. The Morgan fingerprint density at radius 1 is 1.00 bits per heavy atom. The summed E-state index contributed by atoms with van der Waals surface area (Å²) in [6.45, 7) is 3.53. The minimum absolute atomic E-state index is 0.881. The summed E-state index contributed by atoms with van der Waals surface area (Å²) in [5.41, 5.74) is 1.73. The van der Waals surface area contributed by atoms with E-state index in [0.717, 1.165) is 24.3 Å². The summed E-state index contributed by atoms with van der Waals surface area (Å²) < 4.78 is 0. The van der Waals surface area contributed by atoms with Crippen LogP contribution in [-0.4, -0.2) is 13.6 Å². The van der Waals surface area contributed by atoms with Gasteiger partial charge in [0.05, 0.1) is 0 Å². The van der Waals surface area contributed by atoms with Gasteiger partial charge in [-0.15, -0.1) is 0 Å². The van der Waals surface area contributed by atoms with Crippen LogP contribution in [0.5, 0.6) is 0 Å². The van der Waals surface area contributed by atoms with Gasteiger partial charge >= 0.3 is 0 Å². The Hall–Kier alpha value is -0.300. The molecule has 2 fully saturated rings. The van der Waals surface area contributed by atoms with E-state index in [1.54, 1.807) is 5.57 Å². The van der Waals surface area contributed by atoms with Crippen LogP contribution < -0.4 is 5.32 Å². The van der Waals surface area contributed by atoms with E-state index in [2.05, 4.69) is 25.4 Å². The molecule has 0 heterocycles. The van der Waals surface area contributed by atoms with Gasteiger partial charge in [0.15, 0.2) is 0 Å². The molecule has 0 aromatic rings. The third-order valence-corrected chi connectivity index (χ3v) is 5.02. The Labute approximate surface area is 113 Å². The Morgan fingerprint density at radius 2 is 1.67 bits per heavy atom. The number of allylic oxidation sites excluding steroid dienone is 1. The van der Waals surface area contributed by atoms with E-state index in [0.29, 0.717) is 0 Å². The Kier molecular flexibility index (Phi) is 5.75. The van der Waals surface area contributed by atoms with Gasteiger partial charge in [-0.3, -0.25) is 0 Å². The lowest BCUT2D eigenvalue weighted by atomic mass is 9.78. The first-order valence-corrected chi connectivity index (χ1v) is 8.14. The molecule has 0 amide bonds. The average molecular weight is 249 g/mol. The first-order valence-electron chi connectivity index (χ1n) is 8.14. The SMILES string of the molecule is CNC/C(=C/C1CCC(C)CC1)C1CCCCC1. The van der Waals surface area contributed by atoms with E-state index in [-0.39, 0.29) is 0 Å². The summed E-state index contributed by atoms with van der Waals surface area (Å²) in [5, 5.41) is 3.40. The molecule has 18 heavy (non-hydrogen) atoms. The van der Waals surface area contributed by atoms with Crippen molar-refractivity contribution in [3.05, 3.63) is 11.6 Å². The highest BCUT2D eigenvalue weighted by atomic mass is 14.8. The number of rotatable bonds is 4. The maximum Gasteiger partial charge on any atom is 0.0164 e. The molecule has 1 nitrogen and oxygen atoms in total. The minimum atomic E-state index is 0.881. The predicted molar refractivity (Wildman–Crippen MR) is 79.7 cm³/mol. The number of hydrogen-bond donors (Lipinski definition) is 1. The maximum absolute atomic E-state index is 3.40. The minimum Gasteiger partial charge on any atom is -0.316 e. The molecule has 0 spiro atoms. The zero-order valence-corrected chi connectivity index (χ0v) is 12.4. The molecule has 0 atom stereocenters. The van der Waals surface area contributed by atoms with Gasteiger partial charge in [0.2, 0.25) is 0 Å². The van der Waals surface area contributed by atoms with Crippen LogP contribution in [-0.2, 0) is 0 Å². The Balaban J connectivity index is 1.94. The van der Waals surface area contributed by atoms with Crippen LogP contribution in [0.15, 0.2) is 11.6 Å². The molecule has 2 saturated carbocycles. The fraction of sp³-hybridized carbons (Fsp3) is 0.882. The number of likely N-dealkylation sites (N-methyl/N-ethyl adjacent to an activating group) is 1. The van der Waals surface area contributed by atoms with Crippen LogP contribution in [0.25, 0.3) is 0 Å². The summed E-state index contributed by atoms with van der Waals surface area (Å²) in [7, 11) is 2.10. The molecule has 2 rings (SSSR count). The van der Waals surface area contributed by atoms with Crippen LogP contribution in [0.2, 0.25) is 0 Å². The molecule has 0 aliphatic heterocycles. The standard InChI is InChI=1S/C17H31N/c1-14-8-10-15(11-9-14)12-17(13-18-2)16-6-4-3-5-7-16/h12,14-16,18H,3-11,13H2,1-2H3/b17-12-. The van der Waals surface area contributed by atoms with Gasteiger partial charge in [-0.1, -0.05) is 50.7 Å². The molecule has 0 radical (unpaired) electrons. The summed E-state index contributed by atoms with van der Waals surface area (Å²) >= 11 is 0. The summed E-state index contributed by atoms with van der Waals surface area (Å²) in [5.74, 6) is 2.74. The molecule has 0 saturated heterocycles. The number of nitrogens with one attached hydrogen (secondary N) is 1. The van der Waals surface area contributed by atoms with E-state index >= 15 is 0 Å². The van der Waals surface area contributed by atoms with E-state index < -0.39 is 0 Å². The normalized spacial score (nSPS) is 31.6. The molecular formula is C17H31N. The van der Waals surface area contributed by atoms with Gasteiger partial charge in [-0.05, 0) is 50.5 Å². The lowest BCUT2D eigenvalue weighted by Gasteiger charge is -2.28. The van der Waals surface area contributed by atoms with Gasteiger partial charge < -0.3 is 5.32 Å². The topological polar surface area (TPSA) is 12.0 Å². The predicted octanol–water partition coefficient (Wildman–Crippen LogP) is 4.54. The zero-order valence-electron chi connectivity index (χ0n) is 12.4. The van der Waals surface area contributed by atoms with E-state index in [1.165, 1.54) is 57.8 Å². The van der Waals surface area contributed by atoms with Crippen LogP contribution in [0.3, 0.4) is 0 Å². The number of hydrogen-bond acceptors (Lipinski definition) is 1. The van der Waals surface area contributed by atoms with E-state index in [9.17, 15) is 0 Å². The van der Waals surface area contributed by atoms with E-state index in [4.69, 9.17) is 0 Å². The highest BCUT2D eigenvalue weighted by Crippen LogP contribution is 2.34. The molecule has 2 aliphatic rings. The van der Waals surface area contributed by atoms with Crippen molar-refractivity contribution in [2.24, 2.45) is 17.8 Å². The lowest BCUT2D eigenvalue weighted by Crippen LogP contribution is -2.21. The van der Waals surface area contributed by atoms with Crippen LogP contribution >= 0.6 is 0 Å². The van der Waals surface area contributed by atoms with Crippen molar-refractivity contribution in [1.29, 1.82) is 0 Å². The molecular weight excluding hydrogens is 218 g/mol. The van der Waals surface area contributed by atoms with Crippen molar-refractivity contribution in [3.63, 3.8) is 0 Å². The second kappa shape index (κ2) is 7.33. The first-order chi connectivity index (χ1) is 8.79. The second-order valence-electron chi connectivity index (χ2n) is 6.63. The summed E-state index contributed by atoms with van der Waals surface area (Å²) in [6, 6.07) is 0. The van der Waals surface area contributed by atoms with Crippen LogP contribution in [0.1, 0.15) is 64.7 Å². The quantitative estimate of drug-likeness (QED) is 0.721. The molecule has 1 heteroatoms. The second-order valence-corrected chi connectivity index (χ2v) is 6.63. The van der Waals surface area contributed by atoms with E-state index in [1.807, 2.05) is 0 Å². The van der Waals surface area contributed by atoms with Crippen molar-refractivity contribution in [2.45, 2.75) is 64.7 Å². The van der Waals surface area contributed by atoms with Crippen molar-refractivity contribution in [2.75, 3.05) is 13.6 Å². The van der Waals surface area contributed by atoms with Gasteiger partial charge in [-0.25, -0.2) is 0 Å². The third kappa shape index (κ3) is 4.12. The fourth-order valence-corrected chi connectivity index (χ4v) is 3.77. The first kappa shape index (κ1) is 14.1. The lowest BCUT2D eigenvalue weighted by molar-refractivity contribution is 0.325. The summed E-state index contributed by atoms with van der Waals surface area (Å²) in [6.07, 6.45) is 15.7. The monoisotopic (exact) mass is 249 g/mol. The highest BCUT2D eigenvalue weighted by Gasteiger charge is 2.21. The van der Waals surface area contributed by atoms with Crippen LogP contribution in [0, 0.1) is 17.8 Å². The molecule has 1 N–H and O–H groups in total. The van der Waals surface area contributed by atoms with Gasteiger partial charge in [0, 0.05) is 6.54 Å². The molecule has 2 aliphatic carbocycles. The van der Waals surface area contributed by atoms with Gasteiger partial charge in [0.25, 0.3) is 0 Å². The Bertz CT molecular complexity index is 255. The van der Waals surface area contributed by atoms with Crippen molar-refractivity contribution in [3.8, 4) is 0 Å². The zero-order chi connectivity index (χ0) is 12.8. The van der Waals surface area contributed by atoms with Crippen molar-refractivity contribution in [1.82, 2.24) is 5.32 Å². The average Bonchev–Trinajstić information content (AvgIpc) is 2.42. The smallest absolute Gasteiger partial charge is 0.0164 e. The molecule has 0 aromatic heterocycles. The summed E-state index contributed by atoms with van der Waals surface area (Å²) in [4.78, 5) is 0. The third-order valence-electron chi connectivity index (χ3n) is 5.02. The molecule has 0 aromatic carbocycles. The van der Waals surface area contributed by atoms with Crippen molar-refractivity contribution < 1.29 is 0 Å². The maximum atomic E-state index is 3.40. The molecule has 104 valence electrons. The largest absolute Gasteiger partial charge is 0.316 e. The van der Waals surface area contributed by atoms with Crippen LogP contribution in [0.4, 0.5) is 0 Å².